The molecular weight excluding hydrogens is 246 g/mol. The lowest BCUT2D eigenvalue weighted by Gasteiger charge is -2.12. The van der Waals surface area contributed by atoms with Gasteiger partial charge in [0.15, 0.2) is 0 Å². The van der Waals surface area contributed by atoms with Gasteiger partial charge in [-0.05, 0) is 19.4 Å². The molecule has 1 fully saturated rings. The number of nitrogens with one attached hydrogen (secondary N) is 2. The van der Waals surface area contributed by atoms with Gasteiger partial charge in [0, 0.05) is 49.1 Å². The third-order valence-corrected chi connectivity index (χ3v) is 3.13. The monoisotopic (exact) mass is 265 g/mol. The summed E-state index contributed by atoms with van der Waals surface area (Å²) in [5, 5.41) is 17.3. The van der Waals surface area contributed by atoms with E-state index in [-0.39, 0.29) is 10.6 Å². The van der Waals surface area contributed by atoms with Gasteiger partial charge in [-0.25, -0.2) is 0 Å². The van der Waals surface area contributed by atoms with Crippen LogP contribution in [-0.2, 0) is 4.74 Å². The second kappa shape index (κ2) is 6.38. The lowest BCUT2D eigenvalue weighted by molar-refractivity contribution is -0.384. The number of rotatable bonds is 6. The fraction of sp³-hybridized carbons (Fsp3) is 0.538. The van der Waals surface area contributed by atoms with Gasteiger partial charge in [0.2, 0.25) is 0 Å². The average Bonchev–Trinajstić information content (AvgIpc) is 2.89. The van der Waals surface area contributed by atoms with Crippen LogP contribution in [0.25, 0.3) is 0 Å². The molecule has 1 saturated heterocycles. The van der Waals surface area contributed by atoms with Crippen LogP contribution in [0.5, 0.6) is 0 Å². The van der Waals surface area contributed by atoms with E-state index in [1.54, 1.807) is 12.1 Å². The molecule has 0 amide bonds. The molecule has 1 aliphatic rings. The van der Waals surface area contributed by atoms with E-state index < -0.39 is 0 Å². The van der Waals surface area contributed by atoms with E-state index in [4.69, 9.17) is 4.74 Å². The molecule has 1 aromatic rings. The van der Waals surface area contributed by atoms with Gasteiger partial charge < -0.3 is 15.4 Å². The van der Waals surface area contributed by atoms with Crippen LogP contribution in [0.1, 0.15) is 13.3 Å². The van der Waals surface area contributed by atoms with E-state index in [1.807, 2.05) is 13.0 Å². The van der Waals surface area contributed by atoms with Crippen LogP contribution in [0, 0.1) is 16.0 Å². The van der Waals surface area contributed by atoms with Crippen molar-refractivity contribution in [3.8, 4) is 0 Å². The summed E-state index contributed by atoms with van der Waals surface area (Å²) in [5.74, 6) is 0.488. The molecular formula is C13H19N3O3. The number of anilines is 2. The number of nitrogens with zero attached hydrogens (tertiary/aromatic N) is 1. The smallest absolute Gasteiger partial charge is 0.273 e. The molecule has 1 unspecified atom stereocenters. The number of nitro groups is 1. The number of benzene rings is 1. The fourth-order valence-corrected chi connectivity index (χ4v) is 2.13. The molecule has 0 bridgehead atoms. The maximum atomic E-state index is 10.9. The quantitative estimate of drug-likeness (QED) is 0.610. The molecule has 0 aromatic heterocycles. The molecule has 1 aromatic carbocycles. The normalized spacial score (nSPS) is 18.3. The Morgan fingerprint density at radius 1 is 1.37 bits per heavy atom. The lowest BCUT2D eigenvalue weighted by Crippen LogP contribution is -2.14. The van der Waals surface area contributed by atoms with E-state index in [1.165, 1.54) is 0 Å². The van der Waals surface area contributed by atoms with Crippen molar-refractivity contribution in [2.24, 2.45) is 5.92 Å². The Balaban J connectivity index is 2.06. The Morgan fingerprint density at radius 3 is 2.68 bits per heavy atom. The van der Waals surface area contributed by atoms with Gasteiger partial charge >= 0.3 is 0 Å². The Kier molecular flexibility index (Phi) is 4.57. The van der Waals surface area contributed by atoms with E-state index in [0.717, 1.165) is 44.1 Å². The molecule has 0 radical (unpaired) electrons. The van der Waals surface area contributed by atoms with E-state index >= 15 is 0 Å². The number of ether oxygens (including phenoxy) is 1. The van der Waals surface area contributed by atoms with Gasteiger partial charge in [0.25, 0.3) is 5.69 Å². The van der Waals surface area contributed by atoms with Crippen LogP contribution >= 0.6 is 0 Å². The van der Waals surface area contributed by atoms with Crippen LogP contribution in [0.2, 0.25) is 0 Å². The van der Waals surface area contributed by atoms with Crippen LogP contribution < -0.4 is 10.6 Å². The lowest BCUT2D eigenvalue weighted by atomic mass is 10.1. The molecule has 1 atom stereocenters. The van der Waals surface area contributed by atoms with Crippen molar-refractivity contribution >= 4 is 17.1 Å². The molecule has 2 rings (SSSR count). The van der Waals surface area contributed by atoms with Crippen LogP contribution in [-0.4, -0.2) is 31.2 Å². The zero-order valence-electron chi connectivity index (χ0n) is 11.0. The maximum absolute atomic E-state index is 10.9. The third-order valence-electron chi connectivity index (χ3n) is 3.13. The second-order valence-electron chi connectivity index (χ2n) is 4.67. The number of non-ortho nitro benzene ring substituents is 1. The van der Waals surface area contributed by atoms with Gasteiger partial charge in [0.05, 0.1) is 11.5 Å². The maximum Gasteiger partial charge on any atom is 0.273 e. The first-order chi connectivity index (χ1) is 9.19. The zero-order valence-corrected chi connectivity index (χ0v) is 11.0. The SMILES string of the molecule is CCNc1cc(NCC2CCOC2)cc([N+](=O)[O-])c1. The Bertz CT molecular complexity index is 445. The van der Waals surface area contributed by atoms with Crippen molar-refractivity contribution in [1.29, 1.82) is 0 Å². The van der Waals surface area contributed by atoms with Crippen LogP contribution in [0.4, 0.5) is 17.1 Å². The summed E-state index contributed by atoms with van der Waals surface area (Å²) in [6, 6.07) is 5.01. The second-order valence-corrected chi connectivity index (χ2v) is 4.67. The molecule has 19 heavy (non-hydrogen) atoms. The number of nitro benzene ring substituents is 1. The summed E-state index contributed by atoms with van der Waals surface area (Å²) < 4.78 is 5.31. The summed E-state index contributed by atoms with van der Waals surface area (Å²) in [4.78, 5) is 10.5. The van der Waals surface area contributed by atoms with Gasteiger partial charge in [-0.15, -0.1) is 0 Å². The van der Waals surface area contributed by atoms with Gasteiger partial charge in [0.1, 0.15) is 0 Å². The summed E-state index contributed by atoms with van der Waals surface area (Å²) in [6.07, 6.45) is 1.04. The first-order valence-corrected chi connectivity index (χ1v) is 6.54. The molecule has 1 aliphatic heterocycles. The minimum absolute atomic E-state index is 0.101. The Hall–Kier alpha value is -1.82. The zero-order chi connectivity index (χ0) is 13.7. The molecule has 0 aliphatic carbocycles. The fourth-order valence-electron chi connectivity index (χ4n) is 2.13. The Morgan fingerprint density at radius 2 is 2.11 bits per heavy atom. The van der Waals surface area contributed by atoms with E-state index in [2.05, 4.69) is 10.6 Å². The van der Waals surface area contributed by atoms with Crippen LogP contribution in [0.3, 0.4) is 0 Å². The molecule has 6 nitrogen and oxygen atoms in total. The topological polar surface area (TPSA) is 76.4 Å². The predicted molar refractivity (Wildman–Crippen MR) is 74.7 cm³/mol. The highest BCUT2D eigenvalue weighted by molar-refractivity contribution is 5.63. The average molecular weight is 265 g/mol. The summed E-state index contributed by atoms with van der Waals surface area (Å²) in [6.45, 7) is 5.05. The molecule has 2 N–H and O–H groups in total. The highest BCUT2D eigenvalue weighted by Crippen LogP contribution is 2.25. The highest BCUT2D eigenvalue weighted by atomic mass is 16.6. The third kappa shape index (κ3) is 3.82. The van der Waals surface area contributed by atoms with E-state index in [9.17, 15) is 10.1 Å². The number of hydrogen-bond acceptors (Lipinski definition) is 5. The first kappa shape index (κ1) is 13.6. The summed E-state index contributed by atoms with van der Waals surface area (Å²) in [5.41, 5.74) is 1.64. The van der Waals surface area contributed by atoms with E-state index in [0.29, 0.717) is 5.92 Å². The van der Waals surface area contributed by atoms with Crippen molar-refractivity contribution in [2.75, 3.05) is 36.9 Å². The molecule has 6 heteroatoms. The van der Waals surface area contributed by atoms with Gasteiger partial charge in [-0.1, -0.05) is 0 Å². The van der Waals surface area contributed by atoms with Crippen LogP contribution in [0.15, 0.2) is 18.2 Å². The largest absolute Gasteiger partial charge is 0.385 e. The summed E-state index contributed by atoms with van der Waals surface area (Å²) >= 11 is 0. The van der Waals surface area contributed by atoms with Crippen molar-refractivity contribution in [3.05, 3.63) is 28.3 Å². The van der Waals surface area contributed by atoms with Crippen molar-refractivity contribution in [1.82, 2.24) is 0 Å². The minimum atomic E-state index is -0.370. The Labute approximate surface area is 112 Å². The number of hydrogen-bond donors (Lipinski definition) is 2. The molecule has 104 valence electrons. The first-order valence-electron chi connectivity index (χ1n) is 6.54. The minimum Gasteiger partial charge on any atom is -0.385 e. The highest BCUT2D eigenvalue weighted by Gasteiger charge is 2.16. The molecule has 1 heterocycles. The van der Waals surface area contributed by atoms with Crippen molar-refractivity contribution in [2.45, 2.75) is 13.3 Å². The predicted octanol–water partition coefficient (Wildman–Crippen LogP) is 2.48. The standard InChI is InChI=1S/C13H19N3O3/c1-2-14-11-5-12(7-13(6-11)16(17)18)15-8-10-3-4-19-9-10/h5-7,10,14-15H,2-4,8-9H2,1H3. The van der Waals surface area contributed by atoms with Gasteiger partial charge in [-0.3, -0.25) is 10.1 Å². The van der Waals surface area contributed by atoms with Crippen molar-refractivity contribution < 1.29 is 9.66 Å². The molecule has 0 saturated carbocycles. The summed E-state index contributed by atoms with van der Waals surface area (Å²) in [7, 11) is 0. The van der Waals surface area contributed by atoms with Crippen molar-refractivity contribution in [3.63, 3.8) is 0 Å². The van der Waals surface area contributed by atoms with Gasteiger partial charge in [-0.2, -0.15) is 0 Å². The molecule has 0 spiro atoms.